The highest BCUT2D eigenvalue weighted by molar-refractivity contribution is 5.86. The van der Waals surface area contributed by atoms with E-state index in [4.69, 9.17) is 0 Å². The molecule has 0 atom stereocenters. The van der Waals surface area contributed by atoms with Crippen molar-refractivity contribution in [2.24, 2.45) is 0 Å². The first kappa shape index (κ1) is 19.6. The first-order valence-corrected chi connectivity index (χ1v) is 6.25. The van der Waals surface area contributed by atoms with Gasteiger partial charge in [0.15, 0.2) is 0 Å². The second-order valence-electron chi connectivity index (χ2n) is 4.87. The third-order valence-corrected chi connectivity index (χ3v) is 3.12. The van der Waals surface area contributed by atoms with Crippen LogP contribution in [0.2, 0.25) is 0 Å². The van der Waals surface area contributed by atoms with Gasteiger partial charge in [-0.15, -0.1) is 24.8 Å². The average Bonchev–Trinajstić information content (AvgIpc) is 2.65. The van der Waals surface area contributed by atoms with Crippen molar-refractivity contribution in [3.63, 3.8) is 0 Å². The number of nitro benzene ring substituents is 1. The number of nitro groups is 1. The van der Waals surface area contributed by atoms with Crippen LogP contribution in [0.1, 0.15) is 12.2 Å². The number of non-ortho nitro benzene ring substituents is 1. The minimum atomic E-state index is -0.341. The number of aryl methyl sites for hydroxylation is 2. The molecule has 0 spiro atoms. The van der Waals surface area contributed by atoms with E-state index in [1.54, 1.807) is 6.07 Å². The van der Waals surface area contributed by atoms with Crippen molar-refractivity contribution in [1.29, 1.82) is 0 Å². The molecule has 0 bridgehead atoms. The normalized spacial score (nSPS) is 10.3. The van der Waals surface area contributed by atoms with Crippen molar-refractivity contribution in [1.82, 2.24) is 14.5 Å². The van der Waals surface area contributed by atoms with E-state index >= 15 is 0 Å². The number of para-hydroxylation sites is 1. The minimum absolute atomic E-state index is 0. The van der Waals surface area contributed by atoms with Gasteiger partial charge in [0.2, 0.25) is 0 Å². The zero-order chi connectivity index (χ0) is 14.0. The summed E-state index contributed by atoms with van der Waals surface area (Å²) in [5, 5.41) is 11.1. The van der Waals surface area contributed by atoms with Crippen LogP contribution in [0.4, 0.5) is 5.69 Å². The molecule has 0 unspecified atom stereocenters. The molecule has 1 heterocycles. The van der Waals surface area contributed by atoms with Crippen molar-refractivity contribution >= 4 is 41.5 Å². The SMILES string of the molecule is Cc1nc2cccc([N+](=O)[O-])c2n1CCCN(C)C.Cl.Cl. The van der Waals surface area contributed by atoms with Crippen molar-refractivity contribution in [3.8, 4) is 0 Å². The Balaban J connectivity index is 0.00000200. The second kappa shape index (κ2) is 8.17. The third kappa shape index (κ3) is 4.30. The summed E-state index contributed by atoms with van der Waals surface area (Å²) in [6.45, 7) is 3.57. The van der Waals surface area contributed by atoms with E-state index in [1.165, 1.54) is 6.07 Å². The number of imidazole rings is 1. The van der Waals surface area contributed by atoms with Crippen LogP contribution in [-0.2, 0) is 6.54 Å². The number of hydrogen-bond donors (Lipinski definition) is 0. The van der Waals surface area contributed by atoms with E-state index < -0.39 is 0 Å². The molecule has 1 aromatic heterocycles. The predicted molar refractivity (Wildman–Crippen MR) is 88.8 cm³/mol. The van der Waals surface area contributed by atoms with Crippen LogP contribution in [0.25, 0.3) is 11.0 Å². The summed E-state index contributed by atoms with van der Waals surface area (Å²) in [6.07, 6.45) is 0.936. The van der Waals surface area contributed by atoms with Crippen molar-refractivity contribution in [2.45, 2.75) is 19.9 Å². The summed E-state index contributed by atoms with van der Waals surface area (Å²) in [4.78, 5) is 17.3. The Morgan fingerprint density at radius 3 is 2.57 bits per heavy atom. The zero-order valence-corrected chi connectivity index (χ0v) is 13.9. The average molecular weight is 335 g/mol. The van der Waals surface area contributed by atoms with E-state index in [9.17, 15) is 10.1 Å². The molecule has 2 rings (SSSR count). The van der Waals surface area contributed by atoms with Crippen molar-refractivity contribution in [3.05, 3.63) is 34.1 Å². The second-order valence-corrected chi connectivity index (χ2v) is 4.87. The Kier molecular flexibility index (Phi) is 7.63. The van der Waals surface area contributed by atoms with Gasteiger partial charge >= 0.3 is 0 Å². The third-order valence-electron chi connectivity index (χ3n) is 3.12. The van der Waals surface area contributed by atoms with Gasteiger partial charge in [-0.25, -0.2) is 4.98 Å². The lowest BCUT2D eigenvalue weighted by Gasteiger charge is -2.11. The van der Waals surface area contributed by atoms with Crippen molar-refractivity contribution < 1.29 is 4.92 Å². The maximum absolute atomic E-state index is 11.1. The molecule has 0 aliphatic carbocycles. The fourth-order valence-corrected chi connectivity index (χ4v) is 2.25. The fraction of sp³-hybridized carbons (Fsp3) is 0.462. The summed E-state index contributed by atoms with van der Waals surface area (Å²) < 4.78 is 1.94. The zero-order valence-electron chi connectivity index (χ0n) is 12.3. The molecule has 0 radical (unpaired) electrons. The number of nitrogens with zero attached hydrogens (tertiary/aromatic N) is 4. The number of aromatic nitrogens is 2. The molecular weight excluding hydrogens is 315 g/mol. The largest absolute Gasteiger partial charge is 0.323 e. The van der Waals surface area contributed by atoms with Gasteiger partial charge < -0.3 is 9.47 Å². The van der Waals surface area contributed by atoms with E-state index in [2.05, 4.69) is 9.88 Å². The molecule has 21 heavy (non-hydrogen) atoms. The van der Waals surface area contributed by atoms with Crippen LogP contribution in [0, 0.1) is 17.0 Å². The molecular formula is C13H20Cl2N4O2. The Morgan fingerprint density at radius 1 is 1.33 bits per heavy atom. The van der Waals surface area contributed by atoms with Crippen LogP contribution in [0.15, 0.2) is 18.2 Å². The summed E-state index contributed by atoms with van der Waals surface area (Å²) in [5.74, 6) is 0.822. The Labute approximate surface area is 136 Å². The highest BCUT2D eigenvalue weighted by Gasteiger charge is 2.18. The molecule has 0 amide bonds. The Hall–Kier alpha value is -1.37. The lowest BCUT2D eigenvalue weighted by Crippen LogP contribution is -2.15. The van der Waals surface area contributed by atoms with E-state index in [1.807, 2.05) is 31.7 Å². The molecule has 1 aromatic carbocycles. The lowest BCUT2D eigenvalue weighted by atomic mass is 10.2. The summed E-state index contributed by atoms with van der Waals surface area (Å²) in [5.41, 5.74) is 1.45. The van der Waals surface area contributed by atoms with Crippen molar-refractivity contribution in [2.75, 3.05) is 20.6 Å². The summed E-state index contributed by atoms with van der Waals surface area (Å²) >= 11 is 0. The molecule has 0 fully saturated rings. The van der Waals surface area contributed by atoms with Gasteiger partial charge in [-0.1, -0.05) is 6.07 Å². The number of fused-ring (bicyclic) bond motifs is 1. The molecule has 0 aliphatic rings. The number of benzene rings is 1. The number of halogens is 2. The van der Waals surface area contributed by atoms with E-state index in [0.717, 1.165) is 25.3 Å². The van der Waals surface area contributed by atoms with E-state index in [-0.39, 0.29) is 35.4 Å². The topological polar surface area (TPSA) is 64.2 Å². The molecule has 8 heteroatoms. The Bertz CT molecular complexity index is 613. The van der Waals surface area contributed by atoms with Gasteiger partial charge in [0.05, 0.1) is 10.4 Å². The Morgan fingerprint density at radius 2 is 2.00 bits per heavy atom. The van der Waals surface area contributed by atoms with Crippen LogP contribution >= 0.6 is 24.8 Å². The molecule has 0 aliphatic heterocycles. The smallest absolute Gasteiger partial charge is 0.295 e. The summed E-state index contributed by atoms with van der Waals surface area (Å²) in [6, 6.07) is 5.03. The standard InChI is InChI=1S/C13H18N4O2.2ClH/c1-10-14-11-6-4-7-12(17(18)19)13(11)16(10)9-5-8-15(2)3;;/h4,6-7H,5,8-9H2,1-3H3;2*1H. The number of rotatable bonds is 5. The predicted octanol–water partition coefficient (Wildman–Crippen LogP) is 3.05. The van der Waals surface area contributed by atoms with Crippen LogP contribution in [-0.4, -0.2) is 40.0 Å². The van der Waals surface area contributed by atoms with Gasteiger partial charge in [0, 0.05) is 12.6 Å². The fourth-order valence-electron chi connectivity index (χ4n) is 2.25. The van der Waals surface area contributed by atoms with Gasteiger partial charge in [-0.3, -0.25) is 10.1 Å². The molecule has 0 N–H and O–H groups in total. The molecule has 118 valence electrons. The highest BCUT2D eigenvalue weighted by atomic mass is 35.5. The molecule has 0 saturated carbocycles. The molecule has 6 nitrogen and oxygen atoms in total. The maximum atomic E-state index is 11.1. The maximum Gasteiger partial charge on any atom is 0.295 e. The van der Waals surface area contributed by atoms with Gasteiger partial charge in [-0.2, -0.15) is 0 Å². The van der Waals surface area contributed by atoms with Crippen LogP contribution in [0.5, 0.6) is 0 Å². The minimum Gasteiger partial charge on any atom is -0.323 e. The lowest BCUT2D eigenvalue weighted by molar-refractivity contribution is -0.383. The van der Waals surface area contributed by atoms with Crippen LogP contribution < -0.4 is 0 Å². The van der Waals surface area contributed by atoms with E-state index in [0.29, 0.717) is 11.0 Å². The van der Waals surface area contributed by atoms with Crippen LogP contribution in [0.3, 0.4) is 0 Å². The highest BCUT2D eigenvalue weighted by Crippen LogP contribution is 2.26. The monoisotopic (exact) mass is 334 g/mol. The molecule has 2 aromatic rings. The molecule has 0 saturated heterocycles. The first-order valence-electron chi connectivity index (χ1n) is 6.25. The van der Waals surface area contributed by atoms with Gasteiger partial charge in [0.25, 0.3) is 5.69 Å². The quantitative estimate of drug-likeness (QED) is 0.622. The summed E-state index contributed by atoms with van der Waals surface area (Å²) in [7, 11) is 4.03. The first-order chi connectivity index (χ1) is 9.00. The van der Waals surface area contributed by atoms with Gasteiger partial charge in [-0.05, 0) is 40.1 Å². The number of hydrogen-bond acceptors (Lipinski definition) is 4. The van der Waals surface area contributed by atoms with Gasteiger partial charge in [0.1, 0.15) is 11.3 Å².